The Morgan fingerprint density at radius 3 is 2.61 bits per heavy atom. The fourth-order valence-electron chi connectivity index (χ4n) is 4.69. The lowest BCUT2D eigenvalue weighted by Gasteiger charge is -2.34. The van der Waals surface area contributed by atoms with Gasteiger partial charge in [0.1, 0.15) is 6.04 Å². The SMILES string of the molecule is O=C1[C@@H](NS(=O)(=O)c2cnc(Cl)s2)CCCN1CC(=O)N1CCC[C@H]1CN1CCCC1. The second-order valence-corrected chi connectivity index (χ2v) is 12.0. The van der Waals surface area contributed by atoms with Crippen LogP contribution in [-0.2, 0) is 19.6 Å². The topological polar surface area (TPSA) is 103 Å². The van der Waals surface area contributed by atoms with Crippen LogP contribution < -0.4 is 4.72 Å². The average molecular weight is 490 g/mol. The molecule has 3 aliphatic rings. The lowest BCUT2D eigenvalue weighted by atomic mass is 10.1. The van der Waals surface area contributed by atoms with Gasteiger partial charge >= 0.3 is 0 Å². The molecule has 31 heavy (non-hydrogen) atoms. The molecule has 172 valence electrons. The molecule has 0 aliphatic carbocycles. The first-order valence-corrected chi connectivity index (χ1v) is 13.5. The van der Waals surface area contributed by atoms with E-state index in [1.165, 1.54) is 23.9 Å². The van der Waals surface area contributed by atoms with Gasteiger partial charge in [0, 0.05) is 25.7 Å². The maximum absolute atomic E-state index is 13.0. The van der Waals surface area contributed by atoms with Crippen LogP contribution in [0.15, 0.2) is 10.4 Å². The van der Waals surface area contributed by atoms with E-state index in [4.69, 9.17) is 11.6 Å². The second-order valence-electron chi connectivity index (χ2n) is 8.40. The maximum atomic E-state index is 13.0. The Bertz CT molecular complexity index is 918. The van der Waals surface area contributed by atoms with Crippen LogP contribution in [-0.4, -0.2) is 91.3 Å². The number of nitrogens with zero attached hydrogens (tertiary/aromatic N) is 4. The van der Waals surface area contributed by atoms with E-state index in [-0.39, 0.29) is 33.1 Å². The molecular weight excluding hydrogens is 462 g/mol. The van der Waals surface area contributed by atoms with Gasteiger partial charge in [-0.25, -0.2) is 13.4 Å². The number of carbonyl (C=O) groups is 2. The van der Waals surface area contributed by atoms with Crippen molar-refractivity contribution < 1.29 is 18.0 Å². The van der Waals surface area contributed by atoms with Crippen molar-refractivity contribution in [3.05, 3.63) is 10.7 Å². The molecule has 4 heterocycles. The number of nitrogens with one attached hydrogen (secondary N) is 1. The number of halogens is 1. The summed E-state index contributed by atoms with van der Waals surface area (Å²) in [7, 11) is -3.89. The summed E-state index contributed by atoms with van der Waals surface area (Å²) in [6.45, 7) is 4.27. The van der Waals surface area contributed by atoms with Gasteiger partial charge in [0.05, 0.1) is 12.7 Å². The Hall–Kier alpha value is -1.27. The molecule has 0 spiro atoms. The van der Waals surface area contributed by atoms with Crippen LogP contribution in [0.25, 0.3) is 0 Å². The molecule has 3 aliphatic heterocycles. The molecule has 12 heteroatoms. The second kappa shape index (κ2) is 9.70. The molecule has 2 amide bonds. The fraction of sp³-hybridized carbons (Fsp3) is 0.737. The van der Waals surface area contributed by atoms with Crippen LogP contribution in [0.5, 0.6) is 0 Å². The summed E-state index contributed by atoms with van der Waals surface area (Å²) >= 11 is 6.58. The molecule has 3 saturated heterocycles. The summed E-state index contributed by atoms with van der Waals surface area (Å²) in [5.41, 5.74) is 0. The van der Waals surface area contributed by atoms with Gasteiger partial charge in [-0.15, -0.1) is 0 Å². The van der Waals surface area contributed by atoms with Crippen molar-refractivity contribution in [3.8, 4) is 0 Å². The van der Waals surface area contributed by atoms with Crippen molar-refractivity contribution in [2.45, 2.75) is 54.8 Å². The molecule has 9 nitrogen and oxygen atoms in total. The van der Waals surface area contributed by atoms with Gasteiger partial charge in [0.2, 0.25) is 11.8 Å². The zero-order valence-electron chi connectivity index (χ0n) is 17.3. The summed E-state index contributed by atoms with van der Waals surface area (Å²) < 4.78 is 27.7. The van der Waals surface area contributed by atoms with E-state index in [9.17, 15) is 18.0 Å². The number of rotatable bonds is 7. The predicted molar refractivity (Wildman–Crippen MR) is 117 cm³/mol. The lowest BCUT2D eigenvalue weighted by molar-refractivity contribution is -0.143. The number of carbonyl (C=O) groups excluding carboxylic acids is 2. The van der Waals surface area contributed by atoms with E-state index in [0.717, 1.165) is 50.4 Å². The van der Waals surface area contributed by atoms with E-state index >= 15 is 0 Å². The van der Waals surface area contributed by atoms with E-state index in [2.05, 4.69) is 14.6 Å². The van der Waals surface area contributed by atoms with Crippen LogP contribution in [0.2, 0.25) is 4.47 Å². The van der Waals surface area contributed by atoms with Gasteiger partial charge in [0.15, 0.2) is 8.68 Å². The Labute approximate surface area is 191 Å². The first-order chi connectivity index (χ1) is 14.8. The van der Waals surface area contributed by atoms with E-state index < -0.39 is 16.1 Å². The van der Waals surface area contributed by atoms with Crippen molar-refractivity contribution in [2.75, 3.05) is 39.3 Å². The molecule has 1 aromatic heterocycles. The van der Waals surface area contributed by atoms with Gasteiger partial charge < -0.3 is 14.7 Å². The Balaban J connectivity index is 1.36. The highest BCUT2D eigenvalue weighted by Gasteiger charge is 2.36. The molecule has 2 atom stereocenters. The quantitative estimate of drug-likeness (QED) is 0.616. The molecule has 0 unspecified atom stereocenters. The van der Waals surface area contributed by atoms with E-state index in [1.807, 2.05) is 4.90 Å². The van der Waals surface area contributed by atoms with Gasteiger partial charge in [-0.05, 0) is 51.6 Å². The lowest BCUT2D eigenvalue weighted by Crippen LogP contribution is -2.55. The highest BCUT2D eigenvalue weighted by atomic mass is 35.5. The number of amides is 2. The van der Waals surface area contributed by atoms with Crippen LogP contribution in [0, 0.1) is 0 Å². The number of hydrogen-bond acceptors (Lipinski definition) is 7. The number of likely N-dealkylation sites (tertiary alicyclic amines) is 3. The summed E-state index contributed by atoms with van der Waals surface area (Å²) in [5, 5.41) is 0. The summed E-state index contributed by atoms with van der Waals surface area (Å²) in [4.78, 5) is 35.5. The molecular formula is C19H28ClN5O4S2. The van der Waals surface area contributed by atoms with E-state index in [0.29, 0.717) is 19.4 Å². The monoisotopic (exact) mass is 489 g/mol. The van der Waals surface area contributed by atoms with Crippen molar-refractivity contribution in [3.63, 3.8) is 0 Å². The third-order valence-corrected chi connectivity index (χ3v) is 9.29. The molecule has 0 bridgehead atoms. The summed E-state index contributed by atoms with van der Waals surface area (Å²) in [6, 6.07) is -0.678. The van der Waals surface area contributed by atoms with E-state index in [1.54, 1.807) is 0 Å². The van der Waals surface area contributed by atoms with Gasteiger partial charge in [-0.3, -0.25) is 9.59 Å². The normalized spacial score (nSPS) is 25.5. The number of sulfonamides is 1. The molecule has 0 radical (unpaired) electrons. The zero-order chi connectivity index (χ0) is 22.0. The molecule has 4 rings (SSSR count). The minimum atomic E-state index is -3.89. The van der Waals surface area contributed by atoms with Gasteiger partial charge in [-0.1, -0.05) is 22.9 Å². The highest BCUT2D eigenvalue weighted by Crippen LogP contribution is 2.24. The molecule has 0 saturated carbocycles. The zero-order valence-corrected chi connectivity index (χ0v) is 19.7. The van der Waals surface area contributed by atoms with Crippen LogP contribution >= 0.6 is 22.9 Å². The van der Waals surface area contributed by atoms with Gasteiger partial charge in [-0.2, -0.15) is 4.72 Å². The molecule has 1 aromatic rings. The molecule has 0 aromatic carbocycles. The number of hydrogen-bond donors (Lipinski definition) is 1. The maximum Gasteiger partial charge on any atom is 0.252 e. The smallest absolute Gasteiger partial charge is 0.252 e. The van der Waals surface area contributed by atoms with Crippen LogP contribution in [0.3, 0.4) is 0 Å². The number of thiazole rings is 1. The highest BCUT2D eigenvalue weighted by molar-refractivity contribution is 7.91. The van der Waals surface area contributed by atoms with Crippen molar-refractivity contribution in [1.29, 1.82) is 0 Å². The molecule has 3 fully saturated rings. The fourth-order valence-corrected chi connectivity index (χ4v) is 7.22. The third kappa shape index (κ3) is 5.39. The van der Waals surface area contributed by atoms with Gasteiger partial charge in [0.25, 0.3) is 10.0 Å². The van der Waals surface area contributed by atoms with Crippen LogP contribution in [0.4, 0.5) is 0 Å². The first-order valence-electron chi connectivity index (χ1n) is 10.8. The Kier molecular flexibility index (Phi) is 7.17. The summed E-state index contributed by atoms with van der Waals surface area (Å²) in [5.74, 6) is -0.401. The number of piperidine rings is 1. The third-order valence-electron chi connectivity index (χ3n) is 6.24. The standard InChI is InChI=1S/C19H28ClN5O4S2/c20-19-21-11-17(30-19)31(28,29)22-15-6-4-9-24(18(15)27)13-16(26)25-10-3-5-14(25)12-23-7-1-2-8-23/h11,14-15,22H,1-10,12-13H2/t14-,15-/m0/s1. The molecule has 1 N–H and O–H groups in total. The Morgan fingerprint density at radius 1 is 1.16 bits per heavy atom. The average Bonchev–Trinajstić information content (AvgIpc) is 3.47. The minimum Gasteiger partial charge on any atom is -0.337 e. The largest absolute Gasteiger partial charge is 0.337 e. The van der Waals surface area contributed by atoms with Crippen molar-refractivity contribution >= 4 is 44.8 Å². The van der Waals surface area contributed by atoms with Crippen molar-refractivity contribution in [1.82, 2.24) is 24.4 Å². The summed E-state index contributed by atoms with van der Waals surface area (Å²) in [6.07, 6.45) is 6.62. The Morgan fingerprint density at radius 2 is 1.90 bits per heavy atom. The first kappa shape index (κ1) is 22.9. The van der Waals surface area contributed by atoms with Crippen molar-refractivity contribution in [2.24, 2.45) is 0 Å². The predicted octanol–water partition coefficient (Wildman–Crippen LogP) is 1.15. The minimum absolute atomic E-state index is 0.0000529. The van der Waals surface area contributed by atoms with Crippen LogP contribution in [0.1, 0.15) is 38.5 Å². The number of aromatic nitrogens is 1.